The fraction of sp³-hybridized carbons (Fsp3) is 0.300. The van der Waals surface area contributed by atoms with Gasteiger partial charge in [0.05, 0.1) is 0 Å². The van der Waals surface area contributed by atoms with Gasteiger partial charge in [0.1, 0.15) is 6.29 Å². The predicted octanol–water partition coefficient (Wildman–Crippen LogP) is 3.25. The molecule has 70 valence electrons. The normalized spacial score (nSPS) is 12.5. The van der Waals surface area contributed by atoms with Crippen molar-refractivity contribution in [3.63, 3.8) is 0 Å². The molecule has 0 fully saturated rings. The number of benzene rings is 1. The molecule has 3 heteroatoms. The van der Waals surface area contributed by atoms with E-state index in [4.69, 9.17) is 23.2 Å². The van der Waals surface area contributed by atoms with Gasteiger partial charge < -0.3 is 4.79 Å². The van der Waals surface area contributed by atoms with Crippen molar-refractivity contribution in [2.24, 2.45) is 0 Å². The van der Waals surface area contributed by atoms with Crippen molar-refractivity contribution in [1.82, 2.24) is 0 Å². The van der Waals surface area contributed by atoms with Crippen molar-refractivity contribution >= 4 is 29.5 Å². The van der Waals surface area contributed by atoms with Gasteiger partial charge >= 0.3 is 0 Å². The van der Waals surface area contributed by atoms with E-state index >= 15 is 0 Å². The van der Waals surface area contributed by atoms with Crippen molar-refractivity contribution in [3.05, 3.63) is 34.9 Å². The molecule has 1 aromatic rings. The van der Waals surface area contributed by atoms with Gasteiger partial charge in [0.25, 0.3) is 0 Å². The summed E-state index contributed by atoms with van der Waals surface area (Å²) in [5.41, 5.74) is 0.972. The summed E-state index contributed by atoms with van der Waals surface area (Å²) in [5.74, 6) is 0.390. The van der Waals surface area contributed by atoms with Crippen molar-refractivity contribution in [1.29, 1.82) is 0 Å². The fourth-order valence-corrected chi connectivity index (χ4v) is 1.50. The molecular formula is C10H10Cl2O. The third kappa shape index (κ3) is 3.02. The minimum absolute atomic E-state index is 0.102. The Bertz CT molecular complexity index is 269. The van der Waals surface area contributed by atoms with Gasteiger partial charge in [0, 0.05) is 16.8 Å². The maximum Gasteiger partial charge on any atom is 0.127 e. The molecule has 0 heterocycles. The summed E-state index contributed by atoms with van der Waals surface area (Å²) in [7, 11) is 0. The summed E-state index contributed by atoms with van der Waals surface area (Å²) in [6, 6.07) is 7.27. The van der Waals surface area contributed by atoms with Crippen molar-refractivity contribution in [2.75, 3.05) is 5.88 Å². The summed E-state index contributed by atoms with van der Waals surface area (Å²) in [4.78, 5) is 10.7. The smallest absolute Gasteiger partial charge is 0.127 e. The number of rotatable bonds is 4. The number of alkyl halides is 1. The first-order valence-electron chi connectivity index (χ1n) is 4.04. The van der Waals surface area contributed by atoms with E-state index < -0.39 is 0 Å². The molecule has 0 aliphatic heterocycles. The molecule has 0 bridgehead atoms. The molecule has 0 N–H and O–H groups in total. The van der Waals surface area contributed by atoms with Crippen LogP contribution in [-0.2, 0) is 4.79 Å². The highest BCUT2D eigenvalue weighted by atomic mass is 35.5. The van der Waals surface area contributed by atoms with Crippen molar-refractivity contribution in [2.45, 2.75) is 12.3 Å². The molecule has 1 rings (SSSR count). The molecule has 0 aromatic heterocycles. The second-order valence-electron chi connectivity index (χ2n) is 2.77. The van der Waals surface area contributed by atoms with Crippen LogP contribution in [0.5, 0.6) is 0 Å². The van der Waals surface area contributed by atoms with Crippen LogP contribution >= 0.6 is 23.2 Å². The van der Waals surface area contributed by atoms with E-state index in [0.717, 1.165) is 11.8 Å². The SMILES string of the molecule is O=CC(CCCl)c1ccc(Cl)cc1. The monoisotopic (exact) mass is 216 g/mol. The van der Waals surface area contributed by atoms with Crippen LogP contribution in [0, 0.1) is 0 Å². The second kappa shape index (κ2) is 5.25. The predicted molar refractivity (Wildman–Crippen MR) is 55.6 cm³/mol. The van der Waals surface area contributed by atoms with Crippen molar-refractivity contribution < 1.29 is 4.79 Å². The summed E-state index contributed by atoms with van der Waals surface area (Å²) < 4.78 is 0. The van der Waals surface area contributed by atoms with Crippen LogP contribution in [0.3, 0.4) is 0 Å². The largest absolute Gasteiger partial charge is 0.303 e. The van der Waals surface area contributed by atoms with Gasteiger partial charge in [-0.15, -0.1) is 11.6 Å². The third-order valence-electron chi connectivity index (χ3n) is 1.88. The van der Waals surface area contributed by atoms with Crippen LogP contribution in [0.2, 0.25) is 5.02 Å². The van der Waals surface area contributed by atoms with Gasteiger partial charge in [-0.05, 0) is 24.1 Å². The number of hydrogen-bond acceptors (Lipinski definition) is 1. The Balaban J connectivity index is 2.79. The molecule has 0 saturated heterocycles. The first-order chi connectivity index (χ1) is 6.27. The fourth-order valence-electron chi connectivity index (χ4n) is 1.14. The lowest BCUT2D eigenvalue weighted by molar-refractivity contribution is -0.109. The van der Waals surface area contributed by atoms with Gasteiger partial charge in [-0.2, -0.15) is 0 Å². The molecule has 1 atom stereocenters. The minimum Gasteiger partial charge on any atom is -0.303 e. The number of aldehydes is 1. The van der Waals surface area contributed by atoms with Crippen LogP contribution in [0.25, 0.3) is 0 Å². The lowest BCUT2D eigenvalue weighted by Gasteiger charge is -2.07. The van der Waals surface area contributed by atoms with E-state index in [9.17, 15) is 4.79 Å². The van der Waals surface area contributed by atoms with E-state index in [1.807, 2.05) is 12.1 Å². The first kappa shape index (κ1) is 10.6. The summed E-state index contributed by atoms with van der Waals surface area (Å²) in [6.45, 7) is 0. The standard InChI is InChI=1S/C10H10Cl2O/c11-6-5-9(7-13)8-1-3-10(12)4-2-8/h1-4,7,9H,5-6H2. The van der Waals surface area contributed by atoms with Crippen LogP contribution in [0.15, 0.2) is 24.3 Å². The summed E-state index contributed by atoms with van der Waals surface area (Å²) in [5, 5.41) is 0.680. The van der Waals surface area contributed by atoms with Crippen LogP contribution in [0.4, 0.5) is 0 Å². The molecule has 0 radical (unpaired) electrons. The molecule has 0 spiro atoms. The van der Waals surface area contributed by atoms with E-state index in [1.165, 1.54) is 0 Å². The average molecular weight is 217 g/mol. The zero-order valence-corrected chi connectivity index (χ0v) is 8.55. The number of carbonyl (C=O) groups is 1. The van der Waals surface area contributed by atoms with Crippen molar-refractivity contribution in [3.8, 4) is 0 Å². The summed E-state index contributed by atoms with van der Waals surface area (Å²) in [6.07, 6.45) is 1.60. The average Bonchev–Trinajstić information content (AvgIpc) is 2.16. The third-order valence-corrected chi connectivity index (χ3v) is 2.35. The highest BCUT2D eigenvalue weighted by molar-refractivity contribution is 6.30. The zero-order chi connectivity index (χ0) is 9.68. The molecule has 0 aliphatic rings. The van der Waals surface area contributed by atoms with E-state index in [-0.39, 0.29) is 5.92 Å². The maximum atomic E-state index is 10.7. The first-order valence-corrected chi connectivity index (χ1v) is 4.96. The second-order valence-corrected chi connectivity index (χ2v) is 3.59. The Morgan fingerprint density at radius 3 is 2.38 bits per heavy atom. The van der Waals surface area contributed by atoms with Crippen LogP contribution < -0.4 is 0 Å². The molecule has 13 heavy (non-hydrogen) atoms. The lowest BCUT2D eigenvalue weighted by atomic mass is 9.98. The molecular weight excluding hydrogens is 207 g/mol. The lowest BCUT2D eigenvalue weighted by Crippen LogP contribution is -2.00. The summed E-state index contributed by atoms with van der Waals surface area (Å²) >= 11 is 11.3. The van der Waals surface area contributed by atoms with Crippen LogP contribution in [-0.4, -0.2) is 12.2 Å². The van der Waals surface area contributed by atoms with E-state index in [2.05, 4.69) is 0 Å². The van der Waals surface area contributed by atoms with Gasteiger partial charge in [0.15, 0.2) is 0 Å². The zero-order valence-electron chi connectivity index (χ0n) is 7.04. The Morgan fingerprint density at radius 2 is 1.92 bits per heavy atom. The molecule has 0 aliphatic carbocycles. The highest BCUT2D eigenvalue weighted by Gasteiger charge is 2.08. The van der Waals surface area contributed by atoms with Crippen LogP contribution in [0.1, 0.15) is 17.9 Å². The Hall–Kier alpha value is -0.530. The Labute approximate surface area is 87.7 Å². The molecule has 1 unspecified atom stereocenters. The molecule has 1 aromatic carbocycles. The van der Waals surface area contributed by atoms with E-state index in [0.29, 0.717) is 17.3 Å². The number of hydrogen-bond donors (Lipinski definition) is 0. The Morgan fingerprint density at radius 1 is 1.31 bits per heavy atom. The molecule has 0 amide bonds. The molecule has 1 nitrogen and oxygen atoms in total. The van der Waals surface area contributed by atoms with Gasteiger partial charge in [0.2, 0.25) is 0 Å². The van der Waals surface area contributed by atoms with Gasteiger partial charge in [-0.25, -0.2) is 0 Å². The Kier molecular flexibility index (Phi) is 4.26. The number of halogens is 2. The minimum atomic E-state index is -0.102. The van der Waals surface area contributed by atoms with Gasteiger partial charge in [-0.1, -0.05) is 23.7 Å². The number of carbonyl (C=O) groups excluding carboxylic acids is 1. The maximum absolute atomic E-state index is 10.7. The highest BCUT2D eigenvalue weighted by Crippen LogP contribution is 2.19. The quantitative estimate of drug-likeness (QED) is 0.558. The molecule has 0 saturated carbocycles. The topological polar surface area (TPSA) is 17.1 Å². The van der Waals surface area contributed by atoms with E-state index in [1.54, 1.807) is 12.1 Å². The van der Waals surface area contributed by atoms with Gasteiger partial charge in [-0.3, -0.25) is 0 Å².